The van der Waals surface area contributed by atoms with Crippen molar-refractivity contribution in [1.82, 2.24) is 0 Å². The Hall–Kier alpha value is -2.10. The van der Waals surface area contributed by atoms with E-state index in [1.165, 1.54) is 0 Å². The smallest absolute Gasteiger partial charge is 0.423 e. The van der Waals surface area contributed by atoms with Crippen LogP contribution in [0.1, 0.15) is 0 Å². The number of hydrogen-bond donors (Lipinski definition) is 0. The number of carbonyl (C=O) groups excluding carboxylic acids is 2. The minimum absolute atomic E-state index is 0.290. The Labute approximate surface area is 80.8 Å². The summed E-state index contributed by atoms with van der Waals surface area (Å²) in [5.41, 5.74) is 0. The molecule has 72 valence electrons. The van der Waals surface area contributed by atoms with E-state index in [-0.39, 0.29) is 0 Å². The van der Waals surface area contributed by atoms with Crippen molar-refractivity contribution in [2.45, 2.75) is 0 Å². The van der Waals surface area contributed by atoms with Gasteiger partial charge in [0.15, 0.2) is 0 Å². The Bertz CT molecular complexity index is 342. The summed E-state index contributed by atoms with van der Waals surface area (Å²) >= 11 is 0. The fourth-order valence-corrected chi connectivity index (χ4v) is 0.761. The molecule has 0 aliphatic heterocycles. The van der Waals surface area contributed by atoms with Crippen molar-refractivity contribution in [1.29, 1.82) is 0 Å². The Morgan fingerprint density at radius 1 is 1.14 bits per heavy atom. The molecule has 0 radical (unpaired) electrons. The van der Waals surface area contributed by atoms with Crippen molar-refractivity contribution < 1.29 is 19.1 Å². The van der Waals surface area contributed by atoms with E-state index in [2.05, 4.69) is 16.1 Å². The molecule has 0 aliphatic carbocycles. The average Bonchev–Trinajstić information content (AvgIpc) is 2.19. The molecule has 1 aromatic rings. The van der Waals surface area contributed by atoms with Crippen LogP contribution in [0, 0.1) is 0 Å². The Balaban J connectivity index is 2.57. The summed E-state index contributed by atoms with van der Waals surface area (Å²) < 4.78 is 8.89. The van der Waals surface area contributed by atoms with Crippen LogP contribution in [0.4, 0.5) is 0 Å². The molecule has 0 saturated heterocycles. The van der Waals surface area contributed by atoms with Gasteiger partial charge in [-0.2, -0.15) is 0 Å². The van der Waals surface area contributed by atoms with E-state index < -0.39 is 11.9 Å². The van der Waals surface area contributed by atoms with Crippen molar-refractivity contribution in [2.75, 3.05) is 0 Å². The van der Waals surface area contributed by atoms with Gasteiger partial charge < -0.3 is 9.47 Å². The second-order valence-corrected chi connectivity index (χ2v) is 2.27. The molecule has 0 amide bonds. The highest BCUT2D eigenvalue weighted by Crippen LogP contribution is 2.08. The normalized spacial score (nSPS) is 8.86. The first-order chi connectivity index (χ1) is 6.74. The molecule has 1 aromatic carbocycles. The van der Waals surface area contributed by atoms with Gasteiger partial charge >= 0.3 is 11.9 Å². The molecular formula is C10H8O4. The van der Waals surface area contributed by atoms with Gasteiger partial charge in [0.1, 0.15) is 5.75 Å². The minimum Gasteiger partial charge on any atom is -0.427 e. The van der Waals surface area contributed by atoms with Crippen molar-refractivity contribution in [3.8, 4) is 5.75 Å². The van der Waals surface area contributed by atoms with Crippen LogP contribution in [-0.2, 0) is 14.3 Å². The van der Waals surface area contributed by atoms with Gasteiger partial charge in [0, 0.05) is 0 Å². The highest BCUT2D eigenvalue weighted by molar-refractivity contribution is 6.30. The summed E-state index contributed by atoms with van der Waals surface area (Å²) in [5, 5.41) is 0. The molecule has 4 nitrogen and oxygen atoms in total. The van der Waals surface area contributed by atoms with Crippen molar-refractivity contribution >= 4 is 11.9 Å². The molecule has 0 aliphatic rings. The summed E-state index contributed by atoms with van der Waals surface area (Å²) in [5.74, 6) is -1.88. The fraction of sp³-hybridized carbons (Fsp3) is 0. The van der Waals surface area contributed by atoms with E-state index in [0.29, 0.717) is 5.75 Å². The number of benzene rings is 1. The predicted molar refractivity (Wildman–Crippen MR) is 48.4 cm³/mol. The first-order valence-electron chi connectivity index (χ1n) is 3.83. The maximum absolute atomic E-state index is 11.0. The second-order valence-electron chi connectivity index (χ2n) is 2.27. The summed E-state index contributed by atoms with van der Waals surface area (Å²) in [7, 11) is 0. The molecule has 0 fully saturated rings. The topological polar surface area (TPSA) is 52.6 Å². The molecule has 0 aromatic heterocycles. The van der Waals surface area contributed by atoms with Gasteiger partial charge in [-0.3, -0.25) is 0 Å². The third kappa shape index (κ3) is 2.75. The number of ether oxygens (including phenoxy) is 2. The highest BCUT2D eigenvalue weighted by Gasteiger charge is 2.16. The number of hydrogen-bond acceptors (Lipinski definition) is 4. The molecule has 0 atom stereocenters. The van der Waals surface area contributed by atoms with Gasteiger partial charge in [-0.05, 0) is 12.1 Å². The summed E-state index contributed by atoms with van der Waals surface area (Å²) in [6.07, 6.45) is 0.870. The van der Waals surface area contributed by atoms with E-state index in [4.69, 9.17) is 0 Å². The first kappa shape index (κ1) is 9.98. The number of carbonyl (C=O) groups is 2. The summed E-state index contributed by atoms with van der Waals surface area (Å²) in [4.78, 5) is 21.7. The van der Waals surface area contributed by atoms with Crippen LogP contribution < -0.4 is 4.74 Å². The van der Waals surface area contributed by atoms with Gasteiger partial charge in [-0.25, -0.2) is 9.59 Å². The third-order valence-corrected chi connectivity index (χ3v) is 1.31. The molecule has 0 heterocycles. The van der Waals surface area contributed by atoms with Crippen LogP contribution >= 0.6 is 0 Å². The zero-order valence-corrected chi connectivity index (χ0v) is 7.30. The van der Waals surface area contributed by atoms with Crippen LogP contribution in [-0.4, -0.2) is 11.9 Å². The minimum atomic E-state index is -1.09. The van der Waals surface area contributed by atoms with Crippen LogP contribution in [0.5, 0.6) is 5.75 Å². The third-order valence-electron chi connectivity index (χ3n) is 1.31. The van der Waals surface area contributed by atoms with E-state index in [1.807, 2.05) is 0 Å². The summed E-state index contributed by atoms with van der Waals surface area (Å²) in [6.45, 7) is 3.14. The molecule has 0 unspecified atom stereocenters. The number of rotatable bonds is 2. The zero-order chi connectivity index (χ0) is 10.4. The molecular weight excluding hydrogens is 184 g/mol. The van der Waals surface area contributed by atoms with Crippen LogP contribution in [0.2, 0.25) is 0 Å². The molecule has 0 spiro atoms. The highest BCUT2D eigenvalue weighted by atomic mass is 16.6. The van der Waals surface area contributed by atoms with Crippen molar-refractivity contribution in [3.63, 3.8) is 0 Å². The van der Waals surface area contributed by atoms with Crippen LogP contribution in [0.3, 0.4) is 0 Å². The SMILES string of the molecule is C=COC(=O)C(=O)Oc1ccccc1. The lowest BCUT2D eigenvalue weighted by Gasteiger charge is -2.00. The largest absolute Gasteiger partial charge is 0.427 e. The Kier molecular flexibility index (Phi) is 3.43. The van der Waals surface area contributed by atoms with Gasteiger partial charge in [-0.1, -0.05) is 24.8 Å². The average molecular weight is 192 g/mol. The predicted octanol–water partition coefficient (Wildman–Crippen LogP) is 1.28. The van der Waals surface area contributed by atoms with E-state index >= 15 is 0 Å². The monoisotopic (exact) mass is 192 g/mol. The molecule has 14 heavy (non-hydrogen) atoms. The van der Waals surface area contributed by atoms with Crippen molar-refractivity contribution in [3.05, 3.63) is 43.2 Å². The van der Waals surface area contributed by atoms with Gasteiger partial charge in [-0.15, -0.1) is 0 Å². The zero-order valence-electron chi connectivity index (χ0n) is 7.30. The maximum Gasteiger partial charge on any atom is 0.423 e. The lowest BCUT2D eigenvalue weighted by Crippen LogP contribution is -2.21. The van der Waals surface area contributed by atoms with Crippen molar-refractivity contribution in [2.24, 2.45) is 0 Å². The van der Waals surface area contributed by atoms with E-state index in [9.17, 15) is 9.59 Å². The lowest BCUT2D eigenvalue weighted by atomic mass is 10.3. The Morgan fingerprint density at radius 2 is 1.79 bits per heavy atom. The van der Waals surface area contributed by atoms with Gasteiger partial charge in [0.25, 0.3) is 0 Å². The lowest BCUT2D eigenvalue weighted by molar-refractivity contribution is -0.158. The van der Waals surface area contributed by atoms with E-state index in [1.54, 1.807) is 30.3 Å². The van der Waals surface area contributed by atoms with Gasteiger partial charge in [0.05, 0.1) is 6.26 Å². The van der Waals surface area contributed by atoms with Gasteiger partial charge in [0.2, 0.25) is 0 Å². The quantitative estimate of drug-likeness (QED) is 0.306. The van der Waals surface area contributed by atoms with Crippen LogP contribution in [0.15, 0.2) is 43.2 Å². The number of esters is 2. The molecule has 1 rings (SSSR count). The molecule has 4 heteroatoms. The molecule has 0 bridgehead atoms. The summed E-state index contributed by atoms with van der Waals surface area (Å²) in [6, 6.07) is 8.24. The fourth-order valence-electron chi connectivity index (χ4n) is 0.761. The second kappa shape index (κ2) is 4.81. The molecule has 0 N–H and O–H groups in total. The first-order valence-corrected chi connectivity index (χ1v) is 3.83. The van der Waals surface area contributed by atoms with E-state index in [0.717, 1.165) is 6.26 Å². The Morgan fingerprint density at radius 3 is 2.36 bits per heavy atom. The number of para-hydroxylation sites is 1. The standard InChI is InChI=1S/C10H8O4/c1-2-13-9(11)10(12)14-8-6-4-3-5-7-8/h2-7H,1H2. The van der Waals surface area contributed by atoms with Crippen LogP contribution in [0.25, 0.3) is 0 Å². The maximum atomic E-state index is 11.0. The molecule has 0 saturated carbocycles.